The number of hydrogen-bond acceptors (Lipinski definition) is 4. The molecule has 1 aromatic carbocycles. The molecule has 2 N–H and O–H groups in total. The van der Waals surface area contributed by atoms with E-state index in [4.69, 9.17) is 9.47 Å². The van der Waals surface area contributed by atoms with Crippen LogP contribution in [0.4, 0.5) is 0 Å². The number of nitrogens with two attached hydrogens (primary N) is 1. The Morgan fingerprint density at radius 2 is 2.00 bits per heavy atom. The molecule has 0 radical (unpaired) electrons. The highest BCUT2D eigenvalue weighted by Gasteiger charge is 2.38. The summed E-state index contributed by atoms with van der Waals surface area (Å²) in [7, 11) is 5.26. The molecule has 0 saturated carbocycles. The number of carbonyl (C=O) groups is 1. The summed E-state index contributed by atoms with van der Waals surface area (Å²) in [4.78, 5) is 14.3. The van der Waals surface area contributed by atoms with E-state index in [0.717, 1.165) is 18.7 Å². The summed E-state index contributed by atoms with van der Waals surface area (Å²) < 4.78 is 10.6. The molecule has 1 aliphatic heterocycles. The predicted octanol–water partition coefficient (Wildman–Crippen LogP) is 0.860. The normalized spacial score (nSPS) is 21.7. The first-order valence-electron chi connectivity index (χ1n) is 7.08. The zero-order valence-electron chi connectivity index (χ0n) is 13.0. The molecule has 2 rings (SSSR count). The lowest BCUT2D eigenvalue weighted by Crippen LogP contribution is -2.81. The van der Waals surface area contributed by atoms with Crippen LogP contribution < -0.4 is 14.8 Å². The van der Waals surface area contributed by atoms with E-state index >= 15 is 0 Å². The number of rotatable bonds is 6. The maximum absolute atomic E-state index is 12.3. The fourth-order valence-corrected chi connectivity index (χ4v) is 3.73. The van der Waals surface area contributed by atoms with Crippen molar-refractivity contribution in [3.05, 3.63) is 23.8 Å². The molecule has 0 aromatic heterocycles. The van der Waals surface area contributed by atoms with Crippen LogP contribution in [0.2, 0.25) is 0 Å². The van der Waals surface area contributed by atoms with E-state index in [9.17, 15) is 4.79 Å². The minimum atomic E-state index is -0.0000438. The molecular weight excluding hydrogens is 288 g/mol. The summed E-state index contributed by atoms with van der Waals surface area (Å²) in [5.74, 6) is 1.61. The summed E-state index contributed by atoms with van der Waals surface area (Å²) >= 11 is 1.68. The number of thioether (sulfide) groups is 1. The van der Waals surface area contributed by atoms with E-state index in [0.29, 0.717) is 11.5 Å². The Kier molecular flexibility index (Phi) is 5.36. The van der Waals surface area contributed by atoms with Crippen molar-refractivity contribution in [2.75, 3.05) is 34.4 Å². The van der Waals surface area contributed by atoms with Gasteiger partial charge in [-0.05, 0) is 24.6 Å². The molecule has 116 valence electrons. The molecule has 1 heterocycles. The first-order chi connectivity index (χ1) is 10.1. The van der Waals surface area contributed by atoms with Crippen LogP contribution in [0.25, 0.3) is 0 Å². The lowest BCUT2D eigenvalue weighted by atomic mass is 10.1. The Bertz CT molecular complexity index is 510. The minimum absolute atomic E-state index is 0.0000438. The number of quaternary nitrogens is 1. The van der Waals surface area contributed by atoms with Gasteiger partial charge in [-0.1, -0.05) is 6.07 Å². The van der Waals surface area contributed by atoms with Crippen molar-refractivity contribution in [2.45, 2.75) is 17.5 Å². The van der Waals surface area contributed by atoms with Crippen LogP contribution in [0.5, 0.6) is 11.5 Å². The SMILES string of the molecule is C[NH2+]CCN1C(=O)[C@@H](C)S[C@@H]1c1ccc(OC)c(OC)c1. The van der Waals surface area contributed by atoms with Crippen LogP contribution in [0.3, 0.4) is 0 Å². The molecule has 1 fully saturated rings. The molecule has 1 aromatic rings. The third kappa shape index (κ3) is 3.27. The fourth-order valence-electron chi connectivity index (χ4n) is 2.43. The van der Waals surface area contributed by atoms with Gasteiger partial charge in [0.25, 0.3) is 0 Å². The van der Waals surface area contributed by atoms with Gasteiger partial charge in [0.2, 0.25) is 5.91 Å². The van der Waals surface area contributed by atoms with Gasteiger partial charge in [0.1, 0.15) is 5.37 Å². The van der Waals surface area contributed by atoms with Crippen LogP contribution in [0.1, 0.15) is 17.9 Å². The Morgan fingerprint density at radius 3 is 2.62 bits per heavy atom. The summed E-state index contributed by atoms with van der Waals surface area (Å²) in [5, 5.41) is 2.14. The van der Waals surface area contributed by atoms with Gasteiger partial charge in [-0.25, -0.2) is 0 Å². The van der Waals surface area contributed by atoms with E-state index in [1.807, 2.05) is 37.1 Å². The zero-order valence-corrected chi connectivity index (χ0v) is 13.8. The molecule has 0 bridgehead atoms. The van der Waals surface area contributed by atoms with Gasteiger partial charge in [0.15, 0.2) is 11.5 Å². The van der Waals surface area contributed by atoms with Crippen molar-refractivity contribution in [3.63, 3.8) is 0 Å². The highest BCUT2D eigenvalue weighted by atomic mass is 32.2. The van der Waals surface area contributed by atoms with Gasteiger partial charge in [-0.2, -0.15) is 0 Å². The second-order valence-corrected chi connectivity index (χ2v) is 6.40. The monoisotopic (exact) mass is 311 g/mol. The van der Waals surface area contributed by atoms with E-state index in [1.165, 1.54) is 0 Å². The number of carbonyl (C=O) groups excluding carboxylic acids is 1. The Balaban J connectivity index is 2.28. The molecule has 0 unspecified atom stereocenters. The van der Waals surface area contributed by atoms with Crippen LogP contribution in [0, 0.1) is 0 Å². The van der Waals surface area contributed by atoms with Gasteiger partial charge in [0, 0.05) is 0 Å². The quantitative estimate of drug-likeness (QED) is 0.847. The van der Waals surface area contributed by atoms with E-state index in [1.54, 1.807) is 26.0 Å². The second-order valence-electron chi connectivity index (χ2n) is 4.97. The highest BCUT2D eigenvalue weighted by Crippen LogP contribution is 2.44. The molecule has 1 saturated heterocycles. The lowest BCUT2D eigenvalue weighted by molar-refractivity contribution is -0.626. The molecule has 2 atom stereocenters. The Morgan fingerprint density at radius 1 is 1.29 bits per heavy atom. The maximum Gasteiger partial charge on any atom is 0.236 e. The standard InChI is InChI=1S/C15H22N2O3S/c1-10-14(18)17(8-7-16-2)15(21-10)11-5-6-12(19-3)13(9-11)20-4/h5-6,9-10,15-16H,7-8H2,1-4H3/p+1/t10-,15-/m1/s1. The molecule has 0 spiro atoms. The van der Waals surface area contributed by atoms with E-state index in [2.05, 4.69) is 5.32 Å². The number of amides is 1. The molecule has 1 aliphatic rings. The van der Waals surface area contributed by atoms with Crippen molar-refractivity contribution in [2.24, 2.45) is 0 Å². The number of hydrogen-bond donors (Lipinski definition) is 1. The molecule has 21 heavy (non-hydrogen) atoms. The van der Waals surface area contributed by atoms with Crippen molar-refractivity contribution >= 4 is 17.7 Å². The van der Waals surface area contributed by atoms with Crippen molar-refractivity contribution in [3.8, 4) is 11.5 Å². The first kappa shape index (κ1) is 16.0. The van der Waals surface area contributed by atoms with Gasteiger partial charge in [0.05, 0.1) is 39.6 Å². The van der Waals surface area contributed by atoms with Crippen molar-refractivity contribution in [1.29, 1.82) is 0 Å². The first-order valence-corrected chi connectivity index (χ1v) is 8.02. The lowest BCUT2D eigenvalue weighted by Gasteiger charge is -2.23. The van der Waals surface area contributed by atoms with Crippen molar-refractivity contribution in [1.82, 2.24) is 4.90 Å². The highest BCUT2D eigenvalue weighted by molar-refractivity contribution is 8.01. The Hall–Kier alpha value is -1.40. The predicted molar refractivity (Wildman–Crippen MR) is 83.8 cm³/mol. The smallest absolute Gasteiger partial charge is 0.236 e. The van der Waals surface area contributed by atoms with Gasteiger partial charge >= 0.3 is 0 Å². The van der Waals surface area contributed by atoms with E-state index < -0.39 is 0 Å². The number of likely N-dealkylation sites (N-methyl/N-ethyl adjacent to an activating group) is 1. The van der Waals surface area contributed by atoms with Gasteiger partial charge in [-0.3, -0.25) is 4.79 Å². The summed E-state index contributed by atoms with van der Waals surface area (Å²) in [6, 6.07) is 5.86. The largest absolute Gasteiger partial charge is 0.493 e. The summed E-state index contributed by atoms with van der Waals surface area (Å²) in [6.07, 6.45) is 0. The number of nitrogens with zero attached hydrogens (tertiary/aromatic N) is 1. The fraction of sp³-hybridized carbons (Fsp3) is 0.533. The molecule has 5 nitrogen and oxygen atoms in total. The van der Waals surface area contributed by atoms with Crippen molar-refractivity contribution < 1.29 is 19.6 Å². The topological polar surface area (TPSA) is 55.4 Å². The summed E-state index contributed by atoms with van der Waals surface area (Å²) in [5.41, 5.74) is 1.08. The molecule has 1 amide bonds. The average Bonchev–Trinajstić information content (AvgIpc) is 2.79. The maximum atomic E-state index is 12.3. The molecule has 6 heteroatoms. The van der Waals surface area contributed by atoms with E-state index in [-0.39, 0.29) is 16.5 Å². The van der Waals surface area contributed by atoms with Crippen LogP contribution >= 0.6 is 11.8 Å². The average molecular weight is 311 g/mol. The van der Waals surface area contributed by atoms with Gasteiger partial charge in [-0.15, -0.1) is 11.8 Å². The second kappa shape index (κ2) is 7.04. The zero-order chi connectivity index (χ0) is 15.4. The van der Waals surface area contributed by atoms with Gasteiger partial charge < -0.3 is 19.7 Å². The minimum Gasteiger partial charge on any atom is -0.493 e. The molecular formula is C15H23N2O3S+. The Labute approximate surface area is 130 Å². The van der Waals surface area contributed by atoms with Crippen LogP contribution in [-0.2, 0) is 4.79 Å². The number of benzene rings is 1. The van der Waals surface area contributed by atoms with Crippen LogP contribution in [0.15, 0.2) is 18.2 Å². The molecule has 0 aliphatic carbocycles. The summed E-state index contributed by atoms with van der Waals surface area (Å²) in [6.45, 7) is 3.63. The third-order valence-electron chi connectivity index (χ3n) is 3.60. The van der Waals surface area contributed by atoms with Crippen LogP contribution in [-0.4, -0.2) is 50.4 Å². The third-order valence-corrected chi connectivity index (χ3v) is 4.99. The number of methoxy groups -OCH3 is 2. The number of ether oxygens (including phenoxy) is 2.